The van der Waals surface area contributed by atoms with Crippen LogP contribution in [0.5, 0.6) is 17.2 Å². The van der Waals surface area contributed by atoms with Crippen LogP contribution in [0.3, 0.4) is 0 Å². The highest BCUT2D eigenvalue weighted by atomic mass is 16.7. The van der Waals surface area contributed by atoms with Gasteiger partial charge in [0.25, 0.3) is 0 Å². The monoisotopic (exact) mass is 466 g/mol. The Balaban J connectivity index is 1.49. The maximum absolute atomic E-state index is 13.5. The zero-order valence-corrected chi connectivity index (χ0v) is 20.0. The minimum absolute atomic E-state index is 0.0473. The Labute approximate surface area is 201 Å². The third-order valence-corrected chi connectivity index (χ3v) is 6.64. The Hall–Kier alpha value is -3.22. The van der Waals surface area contributed by atoms with Crippen LogP contribution in [0.25, 0.3) is 0 Å². The molecule has 2 amide bonds. The van der Waals surface area contributed by atoms with Crippen molar-refractivity contribution in [1.29, 1.82) is 0 Å². The fourth-order valence-electron chi connectivity index (χ4n) is 4.75. The number of aryl methyl sites for hydroxylation is 1. The number of rotatable bonds is 10. The topological polar surface area (TPSA) is 77.1 Å². The minimum atomic E-state index is -0.518. The predicted molar refractivity (Wildman–Crippen MR) is 129 cm³/mol. The van der Waals surface area contributed by atoms with E-state index in [0.717, 1.165) is 48.3 Å². The van der Waals surface area contributed by atoms with E-state index in [1.54, 1.807) is 12.0 Å². The van der Waals surface area contributed by atoms with Crippen LogP contribution >= 0.6 is 0 Å². The highest BCUT2D eigenvalue weighted by Gasteiger charge is 2.30. The Bertz CT molecular complexity index is 1000. The van der Waals surface area contributed by atoms with Gasteiger partial charge in [-0.05, 0) is 61.1 Å². The summed E-state index contributed by atoms with van der Waals surface area (Å²) >= 11 is 0. The van der Waals surface area contributed by atoms with Crippen molar-refractivity contribution in [2.45, 2.75) is 70.5 Å². The third kappa shape index (κ3) is 5.82. The molecule has 2 aliphatic rings. The molecular formula is C27H34N2O5. The molecule has 1 aliphatic heterocycles. The molecular weight excluding hydrogens is 432 g/mol. The highest BCUT2D eigenvalue weighted by molar-refractivity contribution is 5.88. The standard InChI is InChI=1S/C27H34N2O5/c1-3-23(27(31)28-21-8-4-5-9-21)29(17-20-7-6-10-22(15-20)32-2)26(30)14-12-19-11-13-24-25(16-19)34-18-33-24/h6-7,10-11,13,15-16,21,23H,3-5,8-9,12,14,17-18H2,1-2H3,(H,28,31)/t23-/m0/s1. The van der Waals surface area contributed by atoms with Crippen molar-refractivity contribution in [2.75, 3.05) is 13.9 Å². The maximum Gasteiger partial charge on any atom is 0.243 e. The molecule has 0 unspecified atom stereocenters. The fourth-order valence-corrected chi connectivity index (χ4v) is 4.75. The SMILES string of the molecule is CC[C@@H](C(=O)NC1CCCC1)N(Cc1cccc(OC)c1)C(=O)CCc1ccc2c(c1)OCO2. The van der Waals surface area contributed by atoms with E-state index in [4.69, 9.17) is 14.2 Å². The minimum Gasteiger partial charge on any atom is -0.497 e. The Morgan fingerprint density at radius 3 is 2.65 bits per heavy atom. The molecule has 2 aromatic rings. The summed E-state index contributed by atoms with van der Waals surface area (Å²) in [5.41, 5.74) is 1.94. The van der Waals surface area contributed by atoms with E-state index in [-0.39, 0.29) is 24.6 Å². The summed E-state index contributed by atoms with van der Waals surface area (Å²) in [6, 6.07) is 13.1. The van der Waals surface area contributed by atoms with Crippen LogP contribution in [0.15, 0.2) is 42.5 Å². The lowest BCUT2D eigenvalue weighted by Crippen LogP contribution is -2.51. The lowest BCUT2D eigenvalue weighted by atomic mass is 10.0. The van der Waals surface area contributed by atoms with Gasteiger partial charge in [-0.15, -0.1) is 0 Å². The number of ether oxygens (including phenoxy) is 3. The number of amides is 2. The molecule has 0 radical (unpaired) electrons. The van der Waals surface area contributed by atoms with Gasteiger partial charge in [0.15, 0.2) is 11.5 Å². The molecule has 1 heterocycles. The first-order valence-electron chi connectivity index (χ1n) is 12.2. The van der Waals surface area contributed by atoms with Gasteiger partial charge in [-0.25, -0.2) is 0 Å². The molecule has 1 N–H and O–H groups in total. The molecule has 7 heteroatoms. The smallest absolute Gasteiger partial charge is 0.243 e. The number of carbonyl (C=O) groups is 2. The van der Waals surface area contributed by atoms with E-state index >= 15 is 0 Å². The molecule has 7 nitrogen and oxygen atoms in total. The molecule has 1 saturated carbocycles. The van der Waals surface area contributed by atoms with E-state index in [2.05, 4.69) is 5.32 Å². The second-order valence-electron chi connectivity index (χ2n) is 8.97. The second kappa shape index (κ2) is 11.3. The normalized spacial score (nSPS) is 15.7. The summed E-state index contributed by atoms with van der Waals surface area (Å²) in [6.07, 6.45) is 5.72. The van der Waals surface area contributed by atoms with Crippen LogP contribution < -0.4 is 19.5 Å². The number of carbonyl (C=O) groups excluding carboxylic acids is 2. The number of hydrogen-bond donors (Lipinski definition) is 1. The van der Waals surface area contributed by atoms with Crippen molar-refractivity contribution in [2.24, 2.45) is 0 Å². The summed E-state index contributed by atoms with van der Waals surface area (Å²) in [5.74, 6) is 2.06. The van der Waals surface area contributed by atoms with Gasteiger partial charge in [0, 0.05) is 19.0 Å². The van der Waals surface area contributed by atoms with Gasteiger partial charge in [0.1, 0.15) is 11.8 Å². The van der Waals surface area contributed by atoms with Crippen LogP contribution in [0.2, 0.25) is 0 Å². The number of fused-ring (bicyclic) bond motifs is 1. The molecule has 1 aliphatic carbocycles. The molecule has 4 rings (SSSR count). The summed E-state index contributed by atoms with van der Waals surface area (Å²) in [4.78, 5) is 28.5. The highest BCUT2D eigenvalue weighted by Crippen LogP contribution is 2.33. The molecule has 182 valence electrons. The number of hydrogen-bond acceptors (Lipinski definition) is 5. The molecule has 0 saturated heterocycles. The van der Waals surface area contributed by atoms with Gasteiger partial charge in [0.05, 0.1) is 7.11 Å². The molecule has 2 aromatic carbocycles. The van der Waals surface area contributed by atoms with E-state index in [9.17, 15) is 9.59 Å². The molecule has 0 bridgehead atoms. The van der Waals surface area contributed by atoms with E-state index in [1.165, 1.54) is 0 Å². The number of nitrogens with zero attached hydrogens (tertiary/aromatic N) is 1. The summed E-state index contributed by atoms with van der Waals surface area (Å²) in [7, 11) is 1.62. The van der Waals surface area contributed by atoms with Crippen LogP contribution in [-0.2, 0) is 22.6 Å². The van der Waals surface area contributed by atoms with Gasteiger partial charge in [-0.2, -0.15) is 0 Å². The van der Waals surface area contributed by atoms with E-state index in [1.807, 2.05) is 49.4 Å². The Morgan fingerprint density at radius 2 is 1.88 bits per heavy atom. The predicted octanol–water partition coefficient (Wildman–Crippen LogP) is 4.22. The van der Waals surface area contributed by atoms with Gasteiger partial charge in [-0.3, -0.25) is 9.59 Å². The quantitative estimate of drug-likeness (QED) is 0.567. The van der Waals surface area contributed by atoms with Gasteiger partial charge >= 0.3 is 0 Å². The summed E-state index contributed by atoms with van der Waals surface area (Å²) in [6.45, 7) is 2.54. The summed E-state index contributed by atoms with van der Waals surface area (Å²) in [5, 5.41) is 3.19. The fraction of sp³-hybridized carbons (Fsp3) is 0.481. The molecule has 1 fully saturated rings. The Morgan fingerprint density at radius 1 is 1.09 bits per heavy atom. The Kier molecular flexibility index (Phi) is 7.93. The van der Waals surface area contributed by atoms with E-state index in [0.29, 0.717) is 31.6 Å². The first kappa shape index (κ1) is 23.9. The number of benzene rings is 2. The van der Waals surface area contributed by atoms with E-state index < -0.39 is 6.04 Å². The average Bonchev–Trinajstić information content (AvgIpc) is 3.54. The first-order valence-corrected chi connectivity index (χ1v) is 12.2. The molecule has 0 spiro atoms. The zero-order valence-electron chi connectivity index (χ0n) is 20.0. The zero-order chi connectivity index (χ0) is 23.9. The van der Waals surface area contributed by atoms with Gasteiger partial charge in [-0.1, -0.05) is 38.0 Å². The number of nitrogens with one attached hydrogen (secondary N) is 1. The number of methoxy groups -OCH3 is 1. The van der Waals surface area contributed by atoms with Crippen molar-refractivity contribution < 1.29 is 23.8 Å². The first-order chi connectivity index (χ1) is 16.6. The largest absolute Gasteiger partial charge is 0.497 e. The van der Waals surface area contributed by atoms with Crippen LogP contribution in [0, 0.1) is 0 Å². The van der Waals surface area contributed by atoms with Gasteiger partial charge in [0.2, 0.25) is 18.6 Å². The summed E-state index contributed by atoms with van der Waals surface area (Å²) < 4.78 is 16.2. The van der Waals surface area contributed by atoms with Crippen molar-refractivity contribution in [1.82, 2.24) is 10.2 Å². The lowest BCUT2D eigenvalue weighted by Gasteiger charge is -2.31. The second-order valence-corrected chi connectivity index (χ2v) is 8.97. The maximum atomic E-state index is 13.5. The molecule has 0 aromatic heterocycles. The van der Waals surface area contributed by atoms with Crippen molar-refractivity contribution in [3.63, 3.8) is 0 Å². The molecule has 1 atom stereocenters. The van der Waals surface area contributed by atoms with Crippen LogP contribution in [0.4, 0.5) is 0 Å². The van der Waals surface area contributed by atoms with Crippen molar-refractivity contribution >= 4 is 11.8 Å². The van der Waals surface area contributed by atoms with Crippen LogP contribution in [-0.4, -0.2) is 42.7 Å². The van der Waals surface area contributed by atoms with Gasteiger partial charge < -0.3 is 24.4 Å². The molecule has 34 heavy (non-hydrogen) atoms. The van der Waals surface area contributed by atoms with Crippen molar-refractivity contribution in [3.8, 4) is 17.2 Å². The van der Waals surface area contributed by atoms with Crippen LogP contribution in [0.1, 0.15) is 56.6 Å². The lowest BCUT2D eigenvalue weighted by molar-refractivity contribution is -0.141. The van der Waals surface area contributed by atoms with Crippen molar-refractivity contribution in [3.05, 3.63) is 53.6 Å². The average molecular weight is 467 g/mol. The third-order valence-electron chi connectivity index (χ3n) is 6.64.